The Balaban J connectivity index is 1.42. The zero-order valence-electron chi connectivity index (χ0n) is 15.7. The van der Waals surface area contributed by atoms with E-state index >= 15 is 0 Å². The highest BCUT2D eigenvalue weighted by atomic mass is 32.2. The molecular formula is C19H23F3N4OS. The number of nitrogens with one attached hydrogen (secondary N) is 1. The first-order valence-corrected chi connectivity index (χ1v) is 10.5. The number of thioether (sulfide) groups is 1. The first-order valence-electron chi connectivity index (χ1n) is 9.61. The molecule has 2 aliphatic carbocycles. The largest absolute Gasteiger partial charge is 0.417 e. The molecule has 0 radical (unpaired) electrons. The summed E-state index contributed by atoms with van der Waals surface area (Å²) in [4.78, 5) is 12.6. The first-order chi connectivity index (χ1) is 13.2. The first kappa shape index (κ1) is 19.5. The lowest BCUT2D eigenvalue weighted by Gasteiger charge is -2.29. The lowest BCUT2D eigenvalue weighted by Crippen LogP contribution is -2.43. The van der Waals surface area contributed by atoms with Crippen molar-refractivity contribution < 1.29 is 18.0 Å². The van der Waals surface area contributed by atoms with Crippen LogP contribution < -0.4 is 5.32 Å². The quantitative estimate of drug-likeness (QED) is 0.749. The molecule has 2 aromatic heterocycles. The average molecular weight is 412 g/mol. The maximum absolute atomic E-state index is 13.0. The molecule has 2 aliphatic rings. The zero-order valence-corrected chi connectivity index (χ0v) is 16.6. The number of aromatic nitrogens is 3. The van der Waals surface area contributed by atoms with E-state index in [2.05, 4.69) is 22.4 Å². The minimum Gasteiger partial charge on any atom is -0.352 e. The number of carbonyl (C=O) groups excluding carboxylic acids is 1. The third kappa shape index (κ3) is 3.73. The molecule has 2 bridgehead atoms. The maximum Gasteiger partial charge on any atom is 0.417 e. The van der Waals surface area contributed by atoms with Gasteiger partial charge in [-0.1, -0.05) is 18.2 Å². The number of halogens is 3. The van der Waals surface area contributed by atoms with Gasteiger partial charge in [-0.15, -0.1) is 10.2 Å². The molecule has 0 aromatic carbocycles. The van der Waals surface area contributed by atoms with Crippen molar-refractivity contribution in [1.29, 1.82) is 0 Å². The Labute approximate surface area is 165 Å². The second-order valence-electron chi connectivity index (χ2n) is 8.02. The normalized spacial score (nSPS) is 26.5. The van der Waals surface area contributed by atoms with Crippen molar-refractivity contribution >= 4 is 23.3 Å². The van der Waals surface area contributed by atoms with E-state index in [0.717, 1.165) is 29.9 Å². The van der Waals surface area contributed by atoms with Gasteiger partial charge in [-0.25, -0.2) is 0 Å². The number of alkyl halides is 3. The fourth-order valence-corrected chi connectivity index (χ4v) is 5.52. The minimum absolute atomic E-state index is 0.109. The van der Waals surface area contributed by atoms with Crippen LogP contribution in [0.3, 0.4) is 0 Å². The number of nitrogens with zero attached hydrogens (tertiary/aromatic N) is 3. The highest BCUT2D eigenvalue weighted by Gasteiger charge is 2.42. The van der Waals surface area contributed by atoms with Gasteiger partial charge in [-0.2, -0.15) is 13.2 Å². The third-order valence-electron chi connectivity index (χ3n) is 6.15. The van der Waals surface area contributed by atoms with Crippen molar-refractivity contribution in [2.75, 3.05) is 0 Å². The van der Waals surface area contributed by atoms with E-state index in [4.69, 9.17) is 0 Å². The van der Waals surface area contributed by atoms with Gasteiger partial charge in [0.15, 0.2) is 10.8 Å². The highest BCUT2D eigenvalue weighted by Crippen LogP contribution is 2.49. The molecule has 1 amide bonds. The van der Waals surface area contributed by atoms with E-state index in [0.29, 0.717) is 17.5 Å². The molecule has 9 heteroatoms. The van der Waals surface area contributed by atoms with Crippen LogP contribution in [0.5, 0.6) is 0 Å². The second-order valence-corrected chi connectivity index (χ2v) is 9.33. The minimum atomic E-state index is -4.44. The molecule has 0 spiro atoms. The molecule has 2 saturated carbocycles. The Morgan fingerprint density at radius 1 is 1.25 bits per heavy atom. The number of hydrogen-bond donors (Lipinski definition) is 1. The molecule has 2 fully saturated rings. The molecular weight excluding hydrogens is 389 g/mol. The molecule has 152 valence electrons. The van der Waals surface area contributed by atoms with Crippen molar-refractivity contribution in [3.05, 3.63) is 23.9 Å². The van der Waals surface area contributed by atoms with Gasteiger partial charge in [-0.3, -0.25) is 9.20 Å². The fraction of sp³-hybridized carbons (Fsp3) is 0.632. The van der Waals surface area contributed by atoms with E-state index in [9.17, 15) is 18.0 Å². The molecule has 4 rings (SSSR count). The summed E-state index contributed by atoms with van der Waals surface area (Å²) in [5.74, 6) is 1.93. The highest BCUT2D eigenvalue weighted by molar-refractivity contribution is 8.00. The average Bonchev–Trinajstić information content (AvgIpc) is 3.36. The number of amides is 1. The van der Waals surface area contributed by atoms with E-state index < -0.39 is 17.0 Å². The van der Waals surface area contributed by atoms with Gasteiger partial charge >= 0.3 is 6.18 Å². The van der Waals surface area contributed by atoms with Crippen LogP contribution in [-0.2, 0) is 11.0 Å². The number of fused-ring (bicyclic) bond motifs is 3. The van der Waals surface area contributed by atoms with Crippen LogP contribution >= 0.6 is 11.8 Å². The van der Waals surface area contributed by atoms with E-state index in [1.54, 1.807) is 6.92 Å². The monoisotopic (exact) mass is 412 g/mol. The van der Waals surface area contributed by atoms with Crippen molar-refractivity contribution in [3.8, 4) is 0 Å². The number of rotatable bonds is 5. The smallest absolute Gasteiger partial charge is 0.352 e. The van der Waals surface area contributed by atoms with Crippen molar-refractivity contribution in [2.24, 2.45) is 17.8 Å². The Morgan fingerprint density at radius 2 is 2.04 bits per heavy atom. The fourth-order valence-electron chi connectivity index (χ4n) is 4.68. The summed E-state index contributed by atoms with van der Waals surface area (Å²) in [7, 11) is 0. The Bertz CT molecular complexity index is 884. The third-order valence-corrected chi connectivity index (χ3v) is 7.21. The van der Waals surface area contributed by atoms with Gasteiger partial charge in [0.1, 0.15) is 0 Å². The van der Waals surface area contributed by atoms with E-state index in [-0.39, 0.29) is 17.1 Å². The van der Waals surface area contributed by atoms with Gasteiger partial charge in [-0.05, 0) is 63.0 Å². The predicted octanol–water partition coefficient (Wildman–Crippen LogP) is 4.17. The van der Waals surface area contributed by atoms with Crippen LogP contribution in [-0.4, -0.2) is 31.8 Å². The van der Waals surface area contributed by atoms with Crippen LogP contribution in [0.25, 0.3) is 5.65 Å². The van der Waals surface area contributed by atoms with Gasteiger partial charge in [0.25, 0.3) is 0 Å². The van der Waals surface area contributed by atoms with Crippen LogP contribution in [0.2, 0.25) is 0 Å². The summed E-state index contributed by atoms with van der Waals surface area (Å²) in [6.45, 7) is 3.80. The van der Waals surface area contributed by atoms with Crippen LogP contribution in [0.1, 0.15) is 45.1 Å². The summed E-state index contributed by atoms with van der Waals surface area (Å²) in [5.41, 5.74) is -0.456. The van der Waals surface area contributed by atoms with Gasteiger partial charge in [0.2, 0.25) is 5.91 Å². The van der Waals surface area contributed by atoms with Crippen LogP contribution in [0, 0.1) is 17.8 Å². The number of pyridine rings is 1. The Kier molecular flexibility index (Phi) is 5.05. The molecule has 0 unspecified atom stereocenters. The van der Waals surface area contributed by atoms with Crippen molar-refractivity contribution in [1.82, 2.24) is 19.9 Å². The number of carbonyl (C=O) groups is 1. The molecule has 2 aromatic rings. The Morgan fingerprint density at radius 3 is 2.68 bits per heavy atom. The topological polar surface area (TPSA) is 59.3 Å². The lowest BCUT2D eigenvalue weighted by atomic mass is 9.84. The summed E-state index contributed by atoms with van der Waals surface area (Å²) < 4.78 is 40.2. The summed E-state index contributed by atoms with van der Waals surface area (Å²) in [6.07, 6.45) is 1.56. The summed E-state index contributed by atoms with van der Waals surface area (Å²) >= 11 is 1.12. The molecule has 5 nitrogen and oxygen atoms in total. The molecule has 0 aliphatic heterocycles. The summed E-state index contributed by atoms with van der Waals surface area (Å²) in [6, 6.07) is 2.37. The van der Waals surface area contributed by atoms with Gasteiger partial charge in [0, 0.05) is 12.2 Å². The van der Waals surface area contributed by atoms with Gasteiger partial charge in [0.05, 0.1) is 10.8 Å². The standard InChI is InChI=1S/C19H23F3N4OS/c1-10(15-8-12-3-4-13(15)7-12)23-17(27)11(2)28-18-25-24-16-6-5-14(9-26(16)18)19(20,21)22/h5-6,9-13,15H,3-4,7-8H2,1-2H3,(H,23,27)/t10-,11-,12-,13-,15-/m0/s1. The molecule has 28 heavy (non-hydrogen) atoms. The van der Waals surface area contributed by atoms with Crippen molar-refractivity contribution in [3.63, 3.8) is 0 Å². The van der Waals surface area contributed by atoms with E-state index in [1.807, 2.05) is 0 Å². The SMILES string of the molecule is C[C@H](Sc1nnc2ccc(C(F)(F)F)cn12)C(=O)N[C@@H](C)[C@@H]1C[C@H]2CC[C@H]1C2. The second kappa shape index (κ2) is 7.24. The maximum atomic E-state index is 13.0. The molecule has 0 saturated heterocycles. The van der Waals surface area contributed by atoms with E-state index in [1.165, 1.54) is 36.2 Å². The zero-order chi connectivity index (χ0) is 20.1. The number of hydrogen-bond acceptors (Lipinski definition) is 4. The predicted molar refractivity (Wildman–Crippen MR) is 99.9 cm³/mol. The van der Waals surface area contributed by atoms with Gasteiger partial charge < -0.3 is 5.32 Å². The summed E-state index contributed by atoms with van der Waals surface area (Å²) in [5, 5.41) is 10.8. The lowest BCUT2D eigenvalue weighted by molar-refractivity contribution is -0.137. The molecule has 1 N–H and O–H groups in total. The molecule has 5 atom stereocenters. The van der Waals surface area contributed by atoms with Crippen molar-refractivity contribution in [2.45, 2.75) is 62.2 Å². The molecule has 2 heterocycles. The van der Waals surface area contributed by atoms with Crippen LogP contribution in [0.4, 0.5) is 13.2 Å². The van der Waals surface area contributed by atoms with Crippen LogP contribution in [0.15, 0.2) is 23.5 Å². The Hall–Kier alpha value is -1.77.